The molecule has 0 spiro atoms. The van der Waals surface area contributed by atoms with Gasteiger partial charge in [0.2, 0.25) is 11.8 Å². The lowest BCUT2D eigenvalue weighted by molar-refractivity contribution is -0.155. The summed E-state index contributed by atoms with van der Waals surface area (Å²) in [4.78, 5) is 35.1. The van der Waals surface area contributed by atoms with Crippen molar-refractivity contribution >= 4 is 58.6 Å². The number of nitrogens with zero attached hydrogens (tertiary/aromatic N) is 3. The fourth-order valence-corrected chi connectivity index (χ4v) is 16.4. The summed E-state index contributed by atoms with van der Waals surface area (Å²) in [7, 11) is -6.43. The SMILES string of the molecule is CC[Si](CC)(CC)OC[C@H]1O[C@@H](n2c(=O)sc3c(OCCCC(=O)OC(C)(C)C)nc(N)nc32)[C@H](O[Si](CC)(CC)CC)[C@@H]1O[Si](CC)(CC)CC. The van der Waals surface area contributed by atoms with Crippen LogP contribution < -0.4 is 15.3 Å². The van der Waals surface area contributed by atoms with Crippen molar-refractivity contribution in [2.75, 3.05) is 18.9 Å². The van der Waals surface area contributed by atoms with Crippen molar-refractivity contribution in [2.24, 2.45) is 0 Å². The molecule has 0 saturated carbocycles. The minimum atomic E-state index is -2.26. The molecule has 3 heterocycles. The number of hydrogen-bond donors (Lipinski definition) is 1. The van der Waals surface area contributed by atoms with Crippen LogP contribution in [0.2, 0.25) is 54.4 Å². The highest BCUT2D eigenvalue weighted by molar-refractivity contribution is 7.16. The normalized spacial score (nSPS) is 20.2. The van der Waals surface area contributed by atoms with Crippen molar-refractivity contribution in [3.8, 4) is 5.88 Å². The molecule has 52 heavy (non-hydrogen) atoms. The van der Waals surface area contributed by atoms with Crippen LogP contribution in [0.5, 0.6) is 5.88 Å². The molecule has 0 unspecified atom stereocenters. The quantitative estimate of drug-likeness (QED) is 0.0694. The van der Waals surface area contributed by atoms with Crippen LogP contribution in [0.4, 0.5) is 5.95 Å². The van der Waals surface area contributed by atoms with Gasteiger partial charge >= 0.3 is 10.8 Å². The van der Waals surface area contributed by atoms with E-state index in [0.717, 1.165) is 65.7 Å². The first kappa shape index (κ1) is 44.7. The van der Waals surface area contributed by atoms with Crippen LogP contribution in [-0.4, -0.2) is 82.6 Å². The molecule has 0 amide bonds. The van der Waals surface area contributed by atoms with Crippen molar-refractivity contribution in [1.29, 1.82) is 0 Å². The van der Waals surface area contributed by atoms with Gasteiger partial charge in [-0.15, -0.1) is 0 Å². The molecule has 2 aromatic rings. The van der Waals surface area contributed by atoms with Crippen LogP contribution >= 0.6 is 11.3 Å². The van der Waals surface area contributed by atoms with Crippen LogP contribution in [0.3, 0.4) is 0 Å². The third-order valence-corrected chi connectivity index (χ3v) is 26.2. The molecule has 1 aliphatic heterocycles. The molecular formula is C36H68N4O8SSi3. The number of nitrogen functional groups attached to an aromatic ring is 1. The molecular weight excluding hydrogens is 733 g/mol. The Bertz CT molecular complexity index is 1470. The Morgan fingerprint density at radius 3 is 1.85 bits per heavy atom. The zero-order valence-electron chi connectivity index (χ0n) is 34.1. The second kappa shape index (κ2) is 19.3. The maximum Gasteiger partial charge on any atom is 0.311 e. The molecule has 0 radical (unpaired) electrons. The van der Waals surface area contributed by atoms with Gasteiger partial charge in [0.1, 0.15) is 28.6 Å². The Morgan fingerprint density at radius 2 is 1.35 bits per heavy atom. The highest BCUT2D eigenvalue weighted by Crippen LogP contribution is 2.42. The van der Waals surface area contributed by atoms with E-state index < -0.39 is 55.1 Å². The third-order valence-electron chi connectivity index (χ3n) is 11.3. The van der Waals surface area contributed by atoms with E-state index in [1.807, 2.05) is 20.8 Å². The maximum atomic E-state index is 14.2. The average molecular weight is 801 g/mol. The molecule has 3 rings (SSSR count). The van der Waals surface area contributed by atoms with E-state index in [-0.39, 0.29) is 35.7 Å². The minimum Gasteiger partial charge on any atom is -0.476 e. The number of ether oxygens (including phenoxy) is 3. The molecule has 2 aromatic heterocycles. The van der Waals surface area contributed by atoms with Crippen LogP contribution in [0, 0.1) is 0 Å². The summed E-state index contributed by atoms with van der Waals surface area (Å²) in [5, 5.41) is 0. The molecule has 0 aromatic carbocycles. The van der Waals surface area contributed by atoms with Gasteiger partial charge in [0.15, 0.2) is 36.8 Å². The Hall–Kier alpha value is -1.67. The first-order chi connectivity index (χ1) is 24.6. The summed E-state index contributed by atoms with van der Waals surface area (Å²) in [5.74, 6) is -0.125. The van der Waals surface area contributed by atoms with Crippen LogP contribution in [0.15, 0.2) is 4.79 Å². The lowest BCUT2D eigenvalue weighted by Gasteiger charge is -2.40. The van der Waals surface area contributed by atoms with Gasteiger partial charge < -0.3 is 33.2 Å². The summed E-state index contributed by atoms with van der Waals surface area (Å²) in [6.07, 6.45) is -1.63. The van der Waals surface area contributed by atoms with E-state index >= 15 is 0 Å². The van der Waals surface area contributed by atoms with Gasteiger partial charge in [0, 0.05) is 6.42 Å². The summed E-state index contributed by atoms with van der Waals surface area (Å²) >= 11 is 0.998. The Balaban J connectivity index is 2.14. The number of hydrogen-bond acceptors (Lipinski definition) is 12. The molecule has 4 atom stereocenters. The summed E-state index contributed by atoms with van der Waals surface area (Å²) in [6.45, 7) is 26.1. The topological polar surface area (TPSA) is 146 Å². The molecule has 1 saturated heterocycles. The summed E-state index contributed by atoms with van der Waals surface area (Å²) < 4.78 is 42.2. The van der Waals surface area contributed by atoms with Gasteiger partial charge in [-0.25, -0.2) is 0 Å². The first-order valence-electron chi connectivity index (χ1n) is 19.8. The number of carbonyl (C=O) groups is 1. The number of carbonyl (C=O) groups excluding carboxylic acids is 1. The molecule has 16 heteroatoms. The van der Waals surface area contributed by atoms with Gasteiger partial charge in [-0.05, 0) is 81.6 Å². The summed E-state index contributed by atoms with van der Waals surface area (Å²) in [6, 6.07) is 8.75. The number of anilines is 1. The minimum absolute atomic E-state index is 0.0252. The monoisotopic (exact) mass is 800 g/mol. The lowest BCUT2D eigenvalue weighted by Crippen LogP contribution is -2.52. The number of aromatic nitrogens is 3. The van der Waals surface area contributed by atoms with Crippen molar-refractivity contribution in [3.05, 3.63) is 9.67 Å². The first-order valence-corrected chi connectivity index (χ1v) is 28.2. The smallest absolute Gasteiger partial charge is 0.311 e. The van der Waals surface area contributed by atoms with Crippen molar-refractivity contribution < 1.29 is 32.3 Å². The largest absolute Gasteiger partial charge is 0.476 e. The van der Waals surface area contributed by atoms with Gasteiger partial charge in [-0.2, -0.15) is 9.97 Å². The van der Waals surface area contributed by atoms with E-state index in [9.17, 15) is 9.59 Å². The number of nitrogens with two attached hydrogens (primary N) is 1. The number of esters is 1. The Labute approximate surface area is 319 Å². The number of rotatable bonds is 22. The number of thiazole rings is 1. The molecule has 1 fully saturated rings. The van der Waals surface area contributed by atoms with Gasteiger partial charge in [-0.1, -0.05) is 73.7 Å². The standard InChI is InChI=1S/C36H68N4O8SSi3/c1-13-50(14-2,15-3)44-25-26-28(47-51(16-4,17-5)18-6)29(48-52(19-7,20-8)21-9)33(45-26)40-31-30(49-35(40)42)32(39-34(37)38-31)43-24-22-23-27(41)46-36(10,11)12/h26,28-29,33H,13-25H2,1-12H3,(H2,37,38,39)/t26-,28-,29-,33-/m1/s1. The maximum absolute atomic E-state index is 14.2. The third kappa shape index (κ3) is 10.5. The molecule has 0 aliphatic carbocycles. The molecule has 298 valence electrons. The fourth-order valence-electron chi connectivity index (χ4n) is 7.22. The van der Waals surface area contributed by atoms with Crippen molar-refractivity contribution in [1.82, 2.24) is 14.5 Å². The predicted molar refractivity (Wildman–Crippen MR) is 218 cm³/mol. The van der Waals surface area contributed by atoms with Gasteiger partial charge in [0.05, 0.1) is 13.2 Å². The average Bonchev–Trinajstić information content (AvgIpc) is 3.62. The molecule has 0 bridgehead atoms. The van der Waals surface area contributed by atoms with E-state index in [0.29, 0.717) is 23.4 Å². The second-order valence-corrected chi connectivity index (χ2v) is 30.3. The highest BCUT2D eigenvalue weighted by atomic mass is 32.1. The van der Waals surface area contributed by atoms with E-state index in [1.54, 1.807) is 4.57 Å². The lowest BCUT2D eigenvalue weighted by atomic mass is 10.1. The Morgan fingerprint density at radius 1 is 0.827 bits per heavy atom. The van der Waals surface area contributed by atoms with Gasteiger partial charge in [0.25, 0.3) is 0 Å². The predicted octanol–water partition coefficient (Wildman–Crippen LogP) is 8.64. The highest BCUT2D eigenvalue weighted by Gasteiger charge is 2.54. The van der Waals surface area contributed by atoms with E-state index in [4.69, 9.17) is 33.2 Å². The zero-order chi connectivity index (χ0) is 38.9. The Kier molecular flexibility index (Phi) is 16.6. The van der Waals surface area contributed by atoms with Crippen LogP contribution in [0.1, 0.15) is 102 Å². The zero-order valence-corrected chi connectivity index (χ0v) is 37.9. The van der Waals surface area contributed by atoms with E-state index in [2.05, 4.69) is 72.3 Å². The van der Waals surface area contributed by atoms with Crippen molar-refractivity contribution in [3.63, 3.8) is 0 Å². The summed E-state index contributed by atoms with van der Waals surface area (Å²) in [5.41, 5.74) is 6.05. The number of fused-ring (bicyclic) bond motifs is 1. The molecule has 2 N–H and O–H groups in total. The van der Waals surface area contributed by atoms with Gasteiger partial charge in [-0.3, -0.25) is 14.2 Å². The van der Waals surface area contributed by atoms with E-state index in [1.165, 1.54) is 0 Å². The van der Waals surface area contributed by atoms with Crippen LogP contribution in [0.25, 0.3) is 10.3 Å². The molecule has 1 aliphatic rings. The molecule has 12 nitrogen and oxygen atoms in total. The fraction of sp³-hybridized carbons (Fsp3) is 0.833. The second-order valence-electron chi connectivity index (χ2n) is 15.1. The van der Waals surface area contributed by atoms with Crippen LogP contribution in [-0.2, 0) is 27.5 Å². The van der Waals surface area contributed by atoms with Crippen molar-refractivity contribution in [2.45, 2.75) is 180 Å².